The average molecular weight is 807 g/mol. The number of carbonyl (C=O) groups is 2. The molecule has 2 unspecified atom stereocenters. The van der Waals surface area contributed by atoms with Gasteiger partial charge in [0.1, 0.15) is 29.2 Å². The third-order valence-corrected chi connectivity index (χ3v) is 15.4. The second-order valence-corrected chi connectivity index (χ2v) is 18.1. The quantitative estimate of drug-likeness (QED) is 0.190. The van der Waals surface area contributed by atoms with Crippen LogP contribution in [-0.4, -0.2) is 89.0 Å². The number of benzene rings is 3. The standard InChI is InChI=1S/C43H42N4O10S/c1-19-10-25-28(33(50)34(19)52-5)31-32-38-30-29(37-36(54-18-55-37)20(2)35(30)56-21(3)49)26(47(32)42(15-44)14-41(25,4)46(31)16-42)13-53-40(51)43(17-58-38)39-24(11-22(12-48)45-43)23-8-6-7-9-27(23)57-39/h6-10,22,26,31-32,38,45,48,50H,11-14,16-18H2,1-5H3/t22-,26-,31+,32?,38+,41?,42-,43+/m0/s1. The lowest BCUT2D eigenvalue weighted by molar-refractivity contribution is -0.158. The van der Waals surface area contributed by atoms with E-state index in [1.807, 2.05) is 38.1 Å². The lowest BCUT2D eigenvalue weighted by Crippen LogP contribution is -2.67. The minimum absolute atomic E-state index is 0.0531. The van der Waals surface area contributed by atoms with Crippen molar-refractivity contribution in [3.63, 3.8) is 0 Å². The van der Waals surface area contributed by atoms with Crippen molar-refractivity contribution in [2.24, 2.45) is 0 Å². The van der Waals surface area contributed by atoms with Crippen molar-refractivity contribution in [2.75, 3.05) is 39.4 Å². The van der Waals surface area contributed by atoms with E-state index < -0.39 is 58.0 Å². The summed E-state index contributed by atoms with van der Waals surface area (Å²) in [5, 5.41) is 38.1. The molecule has 15 heteroatoms. The summed E-state index contributed by atoms with van der Waals surface area (Å²) in [5.74, 6) is 1.07. The molecule has 8 aliphatic rings. The number of nitriles is 1. The highest BCUT2D eigenvalue weighted by molar-refractivity contribution is 7.99. The van der Waals surface area contributed by atoms with Crippen LogP contribution in [0.4, 0.5) is 0 Å². The van der Waals surface area contributed by atoms with Gasteiger partial charge >= 0.3 is 11.9 Å². The average Bonchev–Trinajstić information content (AvgIpc) is 3.96. The molecule has 0 radical (unpaired) electrons. The first-order valence-corrected chi connectivity index (χ1v) is 20.7. The van der Waals surface area contributed by atoms with Gasteiger partial charge in [0.2, 0.25) is 6.79 Å². The molecule has 0 saturated carbocycles. The maximum absolute atomic E-state index is 15.1. The maximum atomic E-state index is 15.1. The summed E-state index contributed by atoms with van der Waals surface area (Å²) in [4.78, 5) is 32.7. The number of nitrogens with zero attached hydrogens (tertiary/aromatic N) is 3. The molecule has 4 aromatic rings. The number of ether oxygens (including phenoxy) is 5. The summed E-state index contributed by atoms with van der Waals surface area (Å²) < 4.78 is 37.5. The number of furan rings is 1. The number of esters is 2. The van der Waals surface area contributed by atoms with Crippen molar-refractivity contribution in [1.29, 1.82) is 5.26 Å². The van der Waals surface area contributed by atoms with E-state index in [0.29, 0.717) is 70.4 Å². The fraction of sp³-hybridized carbons (Fsp3) is 0.465. The number of hydrogen-bond donors (Lipinski definition) is 3. The van der Waals surface area contributed by atoms with Gasteiger partial charge in [0, 0.05) is 76.5 Å². The molecule has 58 heavy (non-hydrogen) atoms. The van der Waals surface area contributed by atoms with Gasteiger partial charge in [-0.2, -0.15) is 5.26 Å². The third kappa shape index (κ3) is 4.31. The Hall–Kier alpha value is -4.98. The Bertz CT molecular complexity index is 2570. The van der Waals surface area contributed by atoms with Crippen LogP contribution in [0.25, 0.3) is 11.0 Å². The molecule has 300 valence electrons. The molecule has 3 fully saturated rings. The second-order valence-electron chi connectivity index (χ2n) is 16.9. The number of phenols is 1. The van der Waals surface area contributed by atoms with Gasteiger partial charge in [-0.1, -0.05) is 18.2 Å². The Morgan fingerprint density at radius 1 is 1.14 bits per heavy atom. The summed E-state index contributed by atoms with van der Waals surface area (Å²) in [7, 11) is 1.55. The van der Waals surface area contributed by atoms with Gasteiger partial charge in [-0.05, 0) is 50.5 Å². The molecular weight excluding hydrogens is 765 g/mol. The molecule has 4 bridgehead atoms. The number of aryl methyl sites for hydroxylation is 1. The monoisotopic (exact) mass is 806 g/mol. The van der Waals surface area contributed by atoms with Crippen molar-refractivity contribution >= 4 is 34.7 Å². The number of phenolic OH excluding ortho intramolecular Hbond substituents is 1. The Morgan fingerprint density at radius 3 is 2.69 bits per heavy atom. The number of aliphatic hydroxyl groups is 1. The summed E-state index contributed by atoms with van der Waals surface area (Å²) in [6, 6.07) is 10.2. The smallest absolute Gasteiger partial charge is 0.335 e. The van der Waals surface area contributed by atoms with Crippen LogP contribution in [-0.2, 0) is 31.8 Å². The minimum atomic E-state index is -1.54. The van der Waals surface area contributed by atoms with Crippen molar-refractivity contribution < 1.29 is 47.9 Å². The van der Waals surface area contributed by atoms with Crippen molar-refractivity contribution in [3.8, 4) is 34.8 Å². The SMILES string of the molecule is COc1c(C)cc2c(c1O)[C@@H]1C3[C@@H]4SC[C@]5(N[C@H](CO)Cc6c5oc5ccccc65)C(=O)OC[C@@H](c5c6c(c(C)c(OC(C)=O)c54)OCO6)N3[C@@]3(C#N)CN1C2(C)C3. The van der Waals surface area contributed by atoms with Crippen LogP contribution in [0.3, 0.4) is 0 Å². The zero-order valence-electron chi connectivity index (χ0n) is 32.6. The van der Waals surface area contributed by atoms with Crippen molar-refractivity contribution in [2.45, 2.75) is 86.6 Å². The number of piperazine rings is 1. The van der Waals surface area contributed by atoms with E-state index in [1.165, 1.54) is 18.7 Å². The van der Waals surface area contributed by atoms with Gasteiger partial charge in [-0.3, -0.25) is 19.9 Å². The fourth-order valence-corrected chi connectivity index (χ4v) is 13.5. The lowest BCUT2D eigenvalue weighted by Gasteiger charge is -2.58. The molecule has 8 atom stereocenters. The molecule has 8 aliphatic heterocycles. The molecule has 3 saturated heterocycles. The molecule has 3 N–H and O–H groups in total. The van der Waals surface area contributed by atoms with E-state index in [2.05, 4.69) is 34.2 Å². The molecule has 0 aliphatic carbocycles. The Morgan fingerprint density at radius 2 is 1.93 bits per heavy atom. The first-order chi connectivity index (χ1) is 27.9. The zero-order valence-corrected chi connectivity index (χ0v) is 33.5. The molecule has 0 amide bonds. The number of fused-ring (bicyclic) bond motifs is 11. The van der Waals surface area contributed by atoms with Gasteiger partial charge in [-0.15, -0.1) is 11.8 Å². The fourth-order valence-electron chi connectivity index (χ4n) is 11.8. The minimum Gasteiger partial charge on any atom is -0.504 e. The molecular formula is C43H42N4O10S. The summed E-state index contributed by atoms with van der Waals surface area (Å²) >= 11 is 1.46. The molecule has 1 aromatic heterocycles. The number of aromatic hydroxyl groups is 1. The van der Waals surface area contributed by atoms with Gasteiger partial charge < -0.3 is 38.3 Å². The highest BCUT2D eigenvalue weighted by Crippen LogP contribution is 2.71. The van der Waals surface area contributed by atoms with Crippen LogP contribution in [0.15, 0.2) is 34.7 Å². The van der Waals surface area contributed by atoms with Crippen LogP contribution >= 0.6 is 11.8 Å². The van der Waals surface area contributed by atoms with E-state index in [-0.39, 0.29) is 31.5 Å². The van der Waals surface area contributed by atoms with Gasteiger partial charge in [0.25, 0.3) is 0 Å². The normalized spacial score (nSPS) is 32.6. The van der Waals surface area contributed by atoms with Gasteiger partial charge in [-0.25, -0.2) is 4.79 Å². The van der Waals surface area contributed by atoms with Crippen LogP contribution < -0.4 is 24.3 Å². The number of nitrogens with one attached hydrogen (secondary N) is 1. The number of para-hydroxylation sites is 1. The van der Waals surface area contributed by atoms with Crippen LogP contribution in [0.2, 0.25) is 0 Å². The highest BCUT2D eigenvalue weighted by atomic mass is 32.2. The first-order valence-electron chi connectivity index (χ1n) is 19.6. The number of aliphatic hydroxyl groups excluding tert-OH is 1. The summed E-state index contributed by atoms with van der Waals surface area (Å²) in [6.07, 6.45) is 0.845. The second kappa shape index (κ2) is 12.0. The summed E-state index contributed by atoms with van der Waals surface area (Å²) in [6.45, 7) is 7.10. The highest BCUT2D eigenvalue weighted by Gasteiger charge is 2.72. The van der Waals surface area contributed by atoms with Crippen LogP contribution in [0.5, 0.6) is 28.7 Å². The number of hydrogen-bond acceptors (Lipinski definition) is 15. The van der Waals surface area contributed by atoms with Gasteiger partial charge in [0.15, 0.2) is 28.5 Å². The van der Waals surface area contributed by atoms with Gasteiger partial charge in [0.05, 0.1) is 37.1 Å². The molecule has 12 rings (SSSR count). The Labute approximate surface area is 337 Å². The molecule has 14 nitrogen and oxygen atoms in total. The maximum Gasteiger partial charge on any atom is 0.335 e. The third-order valence-electron chi connectivity index (χ3n) is 13.9. The van der Waals surface area contributed by atoms with Crippen molar-refractivity contribution in [1.82, 2.24) is 15.1 Å². The number of thioether (sulfide) groups is 1. The zero-order chi connectivity index (χ0) is 40.2. The van der Waals surface area contributed by atoms with E-state index in [9.17, 15) is 20.3 Å². The topological polar surface area (TPSA) is 176 Å². The molecule has 3 aromatic carbocycles. The lowest BCUT2D eigenvalue weighted by atomic mass is 9.72. The Balaban J connectivity index is 1.20. The van der Waals surface area contributed by atoms with E-state index in [0.717, 1.165) is 27.6 Å². The Kier molecular flexibility index (Phi) is 7.50. The number of carbonyl (C=O) groups excluding carboxylic acids is 2. The summed E-state index contributed by atoms with van der Waals surface area (Å²) in [5.41, 5.74) is 2.57. The van der Waals surface area contributed by atoms with Crippen LogP contribution in [0.1, 0.15) is 82.3 Å². The predicted molar refractivity (Wildman–Crippen MR) is 208 cm³/mol. The number of rotatable bonds is 3. The largest absolute Gasteiger partial charge is 0.504 e. The van der Waals surface area contributed by atoms with Crippen molar-refractivity contribution in [3.05, 3.63) is 75.0 Å². The van der Waals surface area contributed by atoms with E-state index in [4.69, 9.17) is 28.1 Å². The first kappa shape index (κ1) is 36.1. The van der Waals surface area contributed by atoms with E-state index in [1.54, 1.807) is 7.11 Å². The number of methoxy groups -OCH3 is 1. The molecule has 1 spiro atoms. The van der Waals surface area contributed by atoms with Crippen LogP contribution in [0, 0.1) is 25.2 Å². The van der Waals surface area contributed by atoms with E-state index >= 15 is 4.79 Å². The predicted octanol–water partition coefficient (Wildman–Crippen LogP) is 4.83. The molecule has 9 heterocycles.